The standard InChI is InChI=1S/C13H20N4O3/c1-4-9(3)7-16-13(18)10-6-12(14-5-2)15-8-11(10)17(19)20/h6,8-9H,4-5,7H2,1-3H3,(H,14,15)(H,16,18). The highest BCUT2D eigenvalue weighted by atomic mass is 16.6. The summed E-state index contributed by atoms with van der Waals surface area (Å²) < 4.78 is 0. The van der Waals surface area contributed by atoms with E-state index in [1.807, 2.05) is 20.8 Å². The largest absolute Gasteiger partial charge is 0.370 e. The number of nitro groups is 1. The molecule has 0 bridgehead atoms. The number of hydrogen-bond acceptors (Lipinski definition) is 5. The summed E-state index contributed by atoms with van der Waals surface area (Å²) in [5, 5.41) is 16.6. The molecule has 1 aromatic rings. The molecule has 0 fully saturated rings. The van der Waals surface area contributed by atoms with Crippen molar-refractivity contribution < 1.29 is 9.72 Å². The molecule has 1 heterocycles. The topological polar surface area (TPSA) is 97.2 Å². The highest BCUT2D eigenvalue weighted by Crippen LogP contribution is 2.20. The summed E-state index contributed by atoms with van der Waals surface area (Å²) in [6.45, 7) is 7.02. The zero-order valence-corrected chi connectivity index (χ0v) is 12.0. The lowest BCUT2D eigenvalue weighted by molar-refractivity contribution is -0.385. The summed E-state index contributed by atoms with van der Waals surface area (Å²) in [6, 6.07) is 1.41. The quantitative estimate of drug-likeness (QED) is 0.589. The lowest BCUT2D eigenvalue weighted by Gasteiger charge is -2.11. The molecule has 0 saturated carbocycles. The number of aromatic nitrogens is 1. The van der Waals surface area contributed by atoms with E-state index < -0.39 is 10.8 Å². The van der Waals surface area contributed by atoms with E-state index in [1.165, 1.54) is 6.07 Å². The second-order valence-electron chi connectivity index (χ2n) is 4.60. The molecule has 20 heavy (non-hydrogen) atoms. The highest BCUT2D eigenvalue weighted by Gasteiger charge is 2.21. The lowest BCUT2D eigenvalue weighted by atomic mass is 10.1. The van der Waals surface area contributed by atoms with E-state index in [9.17, 15) is 14.9 Å². The van der Waals surface area contributed by atoms with Crippen LogP contribution in [0.5, 0.6) is 0 Å². The van der Waals surface area contributed by atoms with Gasteiger partial charge in [-0.1, -0.05) is 20.3 Å². The summed E-state index contributed by atoms with van der Waals surface area (Å²) in [6.07, 6.45) is 2.04. The Bertz CT molecular complexity index is 491. The summed E-state index contributed by atoms with van der Waals surface area (Å²) >= 11 is 0. The molecular weight excluding hydrogens is 260 g/mol. The summed E-state index contributed by atoms with van der Waals surface area (Å²) in [5.74, 6) is 0.332. The van der Waals surface area contributed by atoms with Crippen molar-refractivity contribution in [1.82, 2.24) is 10.3 Å². The first-order chi connectivity index (χ1) is 9.49. The van der Waals surface area contributed by atoms with Gasteiger partial charge in [0.2, 0.25) is 0 Å². The molecule has 0 aromatic carbocycles. The number of nitrogens with zero attached hydrogens (tertiary/aromatic N) is 2. The molecule has 0 aliphatic rings. The van der Waals surface area contributed by atoms with Crippen LogP contribution in [0.15, 0.2) is 12.3 Å². The van der Waals surface area contributed by atoms with E-state index in [0.717, 1.165) is 12.6 Å². The van der Waals surface area contributed by atoms with Crippen LogP contribution in [-0.2, 0) is 0 Å². The molecule has 0 saturated heterocycles. The predicted molar refractivity (Wildman–Crippen MR) is 76.8 cm³/mol. The molecule has 0 radical (unpaired) electrons. The van der Waals surface area contributed by atoms with Gasteiger partial charge in [0.05, 0.1) is 4.92 Å². The minimum Gasteiger partial charge on any atom is -0.370 e. The zero-order valence-electron chi connectivity index (χ0n) is 12.0. The van der Waals surface area contributed by atoms with Crippen LogP contribution in [0.3, 0.4) is 0 Å². The number of amides is 1. The monoisotopic (exact) mass is 280 g/mol. The number of rotatable bonds is 7. The van der Waals surface area contributed by atoms with Gasteiger partial charge in [0.1, 0.15) is 17.6 Å². The van der Waals surface area contributed by atoms with E-state index in [-0.39, 0.29) is 11.3 Å². The smallest absolute Gasteiger partial charge is 0.300 e. The first-order valence-electron chi connectivity index (χ1n) is 6.66. The molecule has 1 rings (SSSR count). The maximum atomic E-state index is 12.1. The fourth-order valence-corrected chi connectivity index (χ4v) is 1.56. The van der Waals surface area contributed by atoms with Gasteiger partial charge < -0.3 is 10.6 Å². The van der Waals surface area contributed by atoms with Crippen LogP contribution in [0.1, 0.15) is 37.6 Å². The number of anilines is 1. The third kappa shape index (κ3) is 4.18. The molecule has 7 heteroatoms. The van der Waals surface area contributed by atoms with Gasteiger partial charge >= 0.3 is 0 Å². The van der Waals surface area contributed by atoms with Crippen molar-refractivity contribution in [1.29, 1.82) is 0 Å². The van der Waals surface area contributed by atoms with Gasteiger partial charge in [0.15, 0.2) is 0 Å². The van der Waals surface area contributed by atoms with Crippen molar-refractivity contribution in [3.8, 4) is 0 Å². The molecule has 2 N–H and O–H groups in total. The van der Waals surface area contributed by atoms with Crippen LogP contribution in [0.2, 0.25) is 0 Å². The van der Waals surface area contributed by atoms with Crippen molar-refractivity contribution in [3.63, 3.8) is 0 Å². The van der Waals surface area contributed by atoms with Gasteiger partial charge in [-0.3, -0.25) is 14.9 Å². The Morgan fingerprint density at radius 3 is 2.75 bits per heavy atom. The lowest BCUT2D eigenvalue weighted by Crippen LogP contribution is -2.28. The summed E-state index contributed by atoms with van der Waals surface area (Å²) in [5.41, 5.74) is -0.252. The van der Waals surface area contributed by atoms with Gasteiger partial charge in [-0.05, 0) is 12.8 Å². The molecular formula is C13H20N4O3. The van der Waals surface area contributed by atoms with Crippen LogP contribution in [-0.4, -0.2) is 28.9 Å². The Morgan fingerprint density at radius 1 is 1.50 bits per heavy atom. The molecule has 110 valence electrons. The predicted octanol–water partition coefficient (Wildman–Crippen LogP) is 2.20. The van der Waals surface area contributed by atoms with Crippen LogP contribution >= 0.6 is 0 Å². The number of hydrogen-bond donors (Lipinski definition) is 2. The summed E-state index contributed by atoms with van der Waals surface area (Å²) in [4.78, 5) is 26.3. The minimum absolute atomic E-state index is 0.0317. The fraction of sp³-hybridized carbons (Fsp3) is 0.538. The molecule has 7 nitrogen and oxygen atoms in total. The maximum Gasteiger partial charge on any atom is 0.300 e. The molecule has 0 aliphatic carbocycles. The second-order valence-corrected chi connectivity index (χ2v) is 4.60. The Kier molecular flexibility index (Phi) is 5.89. The second kappa shape index (κ2) is 7.42. The molecule has 1 unspecified atom stereocenters. The van der Waals surface area contributed by atoms with Crippen molar-refractivity contribution in [2.24, 2.45) is 5.92 Å². The summed E-state index contributed by atoms with van der Waals surface area (Å²) in [7, 11) is 0. The zero-order chi connectivity index (χ0) is 15.1. The normalized spacial score (nSPS) is 11.8. The van der Waals surface area contributed by atoms with Crippen molar-refractivity contribution in [3.05, 3.63) is 27.9 Å². The minimum atomic E-state index is -0.596. The van der Waals surface area contributed by atoms with Gasteiger partial charge in [-0.15, -0.1) is 0 Å². The third-order valence-corrected chi connectivity index (χ3v) is 2.99. The van der Waals surface area contributed by atoms with Gasteiger partial charge in [-0.25, -0.2) is 4.98 Å². The van der Waals surface area contributed by atoms with Crippen LogP contribution in [0, 0.1) is 16.0 Å². The number of nitrogens with one attached hydrogen (secondary N) is 2. The third-order valence-electron chi connectivity index (χ3n) is 2.99. The molecule has 0 aliphatic heterocycles. The Morgan fingerprint density at radius 2 is 2.20 bits per heavy atom. The van der Waals surface area contributed by atoms with E-state index in [0.29, 0.717) is 24.8 Å². The number of pyridine rings is 1. The van der Waals surface area contributed by atoms with Gasteiger partial charge in [0, 0.05) is 19.2 Å². The van der Waals surface area contributed by atoms with E-state index in [1.54, 1.807) is 0 Å². The van der Waals surface area contributed by atoms with Crippen molar-refractivity contribution >= 4 is 17.4 Å². The van der Waals surface area contributed by atoms with Crippen molar-refractivity contribution in [2.75, 3.05) is 18.4 Å². The Labute approximate surface area is 117 Å². The van der Waals surface area contributed by atoms with Crippen LogP contribution in [0.25, 0.3) is 0 Å². The molecule has 0 spiro atoms. The number of carbonyl (C=O) groups is 1. The fourth-order valence-electron chi connectivity index (χ4n) is 1.56. The van der Waals surface area contributed by atoms with Gasteiger partial charge in [-0.2, -0.15) is 0 Å². The Hall–Kier alpha value is -2.18. The van der Waals surface area contributed by atoms with E-state index in [2.05, 4.69) is 15.6 Å². The highest BCUT2D eigenvalue weighted by molar-refractivity contribution is 5.98. The maximum absolute atomic E-state index is 12.1. The molecule has 1 aromatic heterocycles. The van der Waals surface area contributed by atoms with Crippen LogP contribution in [0.4, 0.5) is 11.5 Å². The molecule has 1 amide bonds. The van der Waals surface area contributed by atoms with Crippen LogP contribution < -0.4 is 10.6 Å². The first-order valence-corrected chi connectivity index (χ1v) is 6.66. The SMILES string of the molecule is CCNc1cc(C(=O)NCC(C)CC)c([N+](=O)[O-])cn1. The average Bonchev–Trinajstić information content (AvgIpc) is 2.44. The average molecular weight is 280 g/mol. The first kappa shape index (κ1) is 15.9. The Balaban J connectivity index is 2.96. The number of carbonyl (C=O) groups excluding carboxylic acids is 1. The van der Waals surface area contributed by atoms with E-state index in [4.69, 9.17) is 0 Å². The van der Waals surface area contributed by atoms with E-state index >= 15 is 0 Å². The van der Waals surface area contributed by atoms with Gasteiger partial charge in [0.25, 0.3) is 11.6 Å². The molecule has 1 atom stereocenters. The van der Waals surface area contributed by atoms with Crippen molar-refractivity contribution in [2.45, 2.75) is 27.2 Å².